The molecule has 0 saturated carbocycles. The molecule has 0 aliphatic rings. The summed E-state index contributed by atoms with van der Waals surface area (Å²) in [4.78, 5) is 0. The number of rotatable bonds is 2. The van der Waals surface area contributed by atoms with Gasteiger partial charge in [-0.2, -0.15) is 5.26 Å². The Bertz CT molecular complexity index is 585. The van der Waals surface area contributed by atoms with Gasteiger partial charge in [0.15, 0.2) is 0 Å². The molecule has 3 heteroatoms. The topological polar surface area (TPSA) is 35.8 Å². The molecule has 1 N–H and O–H groups in total. The molecule has 0 atom stereocenters. The molecular formula is C14H11FN2. The summed E-state index contributed by atoms with van der Waals surface area (Å²) < 4.78 is 13.4. The van der Waals surface area contributed by atoms with Crippen LogP contribution < -0.4 is 5.32 Å². The smallest absolute Gasteiger partial charge is 0.146 e. The number of anilines is 2. The van der Waals surface area contributed by atoms with Crippen molar-refractivity contribution >= 4 is 11.4 Å². The fourth-order valence-corrected chi connectivity index (χ4v) is 1.58. The lowest BCUT2D eigenvalue weighted by atomic mass is 10.1. The number of hydrogen-bond acceptors (Lipinski definition) is 2. The van der Waals surface area contributed by atoms with E-state index < -0.39 is 0 Å². The number of nitrogens with zero attached hydrogens (tertiary/aromatic N) is 1. The third-order valence-electron chi connectivity index (χ3n) is 2.50. The number of nitriles is 1. The van der Waals surface area contributed by atoms with E-state index in [2.05, 4.69) is 11.4 Å². The van der Waals surface area contributed by atoms with Crippen LogP contribution >= 0.6 is 0 Å². The molecule has 0 radical (unpaired) electrons. The van der Waals surface area contributed by atoms with Crippen LogP contribution in [0.25, 0.3) is 0 Å². The molecule has 0 heterocycles. The quantitative estimate of drug-likeness (QED) is 0.846. The van der Waals surface area contributed by atoms with Crippen LogP contribution in [-0.2, 0) is 0 Å². The molecule has 0 aliphatic heterocycles. The van der Waals surface area contributed by atoms with E-state index in [-0.39, 0.29) is 5.82 Å². The van der Waals surface area contributed by atoms with Crippen molar-refractivity contribution in [3.8, 4) is 6.07 Å². The maximum atomic E-state index is 13.4. The maximum Gasteiger partial charge on any atom is 0.146 e. The molecular weight excluding hydrogens is 215 g/mol. The molecule has 2 rings (SSSR count). The molecule has 0 aromatic heterocycles. The average Bonchev–Trinajstić information content (AvgIpc) is 2.32. The normalized spacial score (nSPS) is 9.71. The Morgan fingerprint density at radius 3 is 2.59 bits per heavy atom. The van der Waals surface area contributed by atoms with Crippen LogP contribution in [0.5, 0.6) is 0 Å². The van der Waals surface area contributed by atoms with Gasteiger partial charge in [0.2, 0.25) is 0 Å². The van der Waals surface area contributed by atoms with Gasteiger partial charge in [0, 0.05) is 5.69 Å². The van der Waals surface area contributed by atoms with Crippen molar-refractivity contribution in [1.82, 2.24) is 0 Å². The SMILES string of the molecule is Cc1cc(Nc2ccccc2F)ccc1C#N. The first-order chi connectivity index (χ1) is 8.20. The Morgan fingerprint density at radius 2 is 1.94 bits per heavy atom. The number of hydrogen-bond donors (Lipinski definition) is 1. The Hall–Kier alpha value is -2.34. The van der Waals surface area contributed by atoms with Crippen molar-refractivity contribution in [1.29, 1.82) is 5.26 Å². The minimum absolute atomic E-state index is 0.297. The van der Waals surface area contributed by atoms with E-state index in [1.165, 1.54) is 6.07 Å². The molecule has 2 aromatic carbocycles. The van der Waals surface area contributed by atoms with Crippen molar-refractivity contribution in [3.63, 3.8) is 0 Å². The van der Waals surface area contributed by atoms with Crippen molar-refractivity contribution in [2.45, 2.75) is 6.92 Å². The third kappa shape index (κ3) is 2.43. The predicted molar refractivity (Wildman–Crippen MR) is 65.6 cm³/mol. The van der Waals surface area contributed by atoms with Crippen LogP contribution in [0.1, 0.15) is 11.1 Å². The van der Waals surface area contributed by atoms with E-state index in [0.717, 1.165) is 11.3 Å². The number of benzene rings is 2. The Morgan fingerprint density at radius 1 is 1.18 bits per heavy atom. The number of aryl methyl sites for hydroxylation is 1. The highest BCUT2D eigenvalue weighted by Gasteiger charge is 2.02. The van der Waals surface area contributed by atoms with Gasteiger partial charge >= 0.3 is 0 Å². The van der Waals surface area contributed by atoms with Gasteiger partial charge in [-0.05, 0) is 42.8 Å². The van der Waals surface area contributed by atoms with Gasteiger partial charge in [0.25, 0.3) is 0 Å². The van der Waals surface area contributed by atoms with E-state index in [4.69, 9.17) is 5.26 Å². The van der Waals surface area contributed by atoms with E-state index in [1.54, 1.807) is 30.3 Å². The van der Waals surface area contributed by atoms with E-state index >= 15 is 0 Å². The summed E-state index contributed by atoms with van der Waals surface area (Å²) in [7, 11) is 0. The Kier molecular flexibility index (Phi) is 3.06. The monoisotopic (exact) mass is 226 g/mol. The van der Waals surface area contributed by atoms with Crippen LogP contribution in [-0.4, -0.2) is 0 Å². The fourth-order valence-electron chi connectivity index (χ4n) is 1.58. The zero-order valence-corrected chi connectivity index (χ0v) is 9.37. The molecule has 0 saturated heterocycles. The van der Waals surface area contributed by atoms with E-state index in [1.807, 2.05) is 13.0 Å². The zero-order chi connectivity index (χ0) is 12.3. The van der Waals surface area contributed by atoms with Crippen molar-refractivity contribution in [2.24, 2.45) is 0 Å². The molecule has 0 aliphatic carbocycles. The zero-order valence-electron chi connectivity index (χ0n) is 9.37. The second-order valence-corrected chi connectivity index (χ2v) is 3.75. The lowest BCUT2D eigenvalue weighted by molar-refractivity contribution is 0.632. The first-order valence-corrected chi connectivity index (χ1v) is 5.23. The number of nitrogens with one attached hydrogen (secondary N) is 1. The summed E-state index contributed by atoms with van der Waals surface area (Å²) in [5, 5.41) is 11.8. The van der Waals surface area contributed by atoms with Gasteiger partial charge in [-0.15, -0.1) is 0 Å². The molecule has 2 nitrogen and oxygen atoms in total. The highest BCUT2D eigenvalue weighted by atomic mass is 19.1. The van der Waals surface area contributed by atoms with Crippen molar-refractivity contribution in [2.75, 3.05) is 5.32 Å². The fraction of sp³-hybridized carbons (Fsp3) is 0.0714. The molecule has 0 amide bonds. The summed E-state index contributed by atoms with van der Waals surface area (Å²) in [5.74, 6) is -0.297. The van der Waals surface area contributed by atoms with Crippen LogP contribution in [0.2, 0.25) is 0 Å². The Labute approximate surface area is 99.3 Å². The second kappa shape index (κ2) is 4.67. The highest BCUT2D eigenvalue weighted by molar-refractivity contribution is 5.62. The third-order valence-corrected chi connectivity index (χ3v) is 2.50. The van der Waals surface area contributed by atoms with Crippen molar-refractivity contribution < 1.29 is 4.39 Å². The minimum atomic E-state index is -0.297. The molecule has 0 bridgehead atoms. The van der Waals surface area contributed by atoms with Crippen LogP contribution in [0.4, 0.5) is 15.8 Å². The van der Waals surface area contributed by atoms with Gasteiger partial charge in [-0.1, -0.05) is 12.1 Å². The van der Waals surface area contributed by atoms with Gasteiger partial charge in [-0.25, -0.2) is 4.39 Å². The largest absolute Gasteiger partial charge is 0.353 e. The lowest BCUT2D eigenvalue weighted by Crippen LogP contribution is -1.94. The lowest BCUT2D eigenvalue weighted by Gasteiger charge is -2.08. The number of halogens is 1. The van der Waals surface area contributed by atoms with E-state index in [0.29, 0.717) is 11.3 Å². The first kappa shape index (κ1) is 11.2. The van der Waals surface area contributed by atoms with Crippen LogP contribution in [0, 0.1) is 24.1 Å². The first-order valence-electron chi connectivity index (χ1n) is 5.23. The Balaban J connectivity index is 2.29. The second-order valence-electron chi connectivity index (χ2n) is 3.75. The molecule has 84 valence electrons. The number of para-hydroxylation sites is 1. The predicted octanol–water partition coefficient (Wildman–Crippen LogP) is 3.75. The maximum absolute atomic E-state index is 13.4. The van der Waals surface area contributed by atoms with Gasteiger partial charge in [0.05, 0.1) is 17.3 Å². The molecule has 0 spiro atoms. The average molecular weight is 226 g/mol. The minimum Gasteiger partial charge on any atom is -0.353 e. The van der Waals surface area contributed by atoms with Crippen molar-refractivity contribution in [3.05, 3.63) is 59.4 Å². The van der Waals surface area contributed by atoms with Gasteiger partial charge in [-0.3, -0.25) is 0 Å². The molecule has 0 fully saturated rings. The summed E-state index contributed by atoms with van der Waals surface area (Å²) in [6, 6.07) is 13.9. The van der Waals surface area contributed by atoms with Gasteiger partial charge < -0.3 is 5.32 Å². The summed E-state index contributed by atoms with van der Waals surface area (Å²) >= 11 is 0. The molecule has 17 heavy (non-hydrogen) atoms. The standard InChI is InChI=1S/C14H11FN2/c1-10-8-12(7-6-11(10)9-16)17-14-5-3-2-4-13(14)15/h2-8,17H,1H3. The highest BCUT2D eigenvalue weighted by Crippen LogP contribution is 2.21. The van der Waals surface area contributed by atoms with Crippen LogP contribution in [0.15, 0.2) is 42.5 Å². The van der Waals surface area contributed by atoms with Crippen LogP contribution in [0.3, 0.4) is 0 Å². The summed E-state index contributed by atoms with van der Waals surface area (Å²) in [6.07, 6.45) is 0. The molecule has 0 unspecified atom stereocenters. The summed E-state index contributed by atoms with van der Waals surface area (Å²) in [6.45, 7) is 1.85. The van der Waals surface area contributed by atoms with E-state index in [9.17, 15) is 4.39 Å². The van der Waals surface area contributed by atoms with Gasteiger partial charge in [0.1, 0.15) is 5.82 Å². The summed E-state index contributed by atoms with van der Waals surface area (Å²) in [5.41, 5.74) is 2.70. The molecule has 2 aromatic rings.